The van der Waals surface area contributed by atoms with Crippen LogP contribution in [0.2, 0.25) is 0 Å². The molecule has 0 aliphatic heterocycles. The molecular weight excluding hydrogens is 252 g/mol. The minimum absolute atomic E-state index is 0.389. The number of hydrogen-bond acceptors (Lipinski definition) is 4. The molecule has 4 nitrogen and oxygen atoms in total. The molecule has 1 aromatic rings. The molecule has 0 saturated heterocycles. The van der Waals surface area contributed by atoms with Crippen molar-refractivity contribution in [2.24, 2.45) is 5.73 Å². The van der Waals surface area contributed by atoms with Crippen molar-refractivity contribution in [3.63, 3.8) is 0 Å². The summed E-state index contributed by atoms with van der Waals surface area (Å²) in [4.78, 5) is 2.40. The summed E-state index contributed by atoms with van der Waals surface area (Å²) in [6, 6.07) is 8.78. The van der Waals surface area contributed by atoms with Crippen LogP contribution in [0.1, 0.15) is 18.1 Å². The van der Waals surface area contributed by atoms with Crippen LogP contribution in [0, 0.1) is 0 Å². The summed E-state index contributed by atoms with van der Waals surface area (Å²) >= 11 is 0. The van der Waals surface area contributed by atoms with E-state index in [0.717, 1.165) is 32.7 Å². The van der Waals surface area contributed by atoms with Crippen molar-refractivity contribution in [3.8, 4) is 0 Å². The van der Waals surface area contributed by atoms with Gasteiger partial charge in [0.1, 0.15) is 0 Å². The van der Waals surface area contributed by atoms with E-state index in [0.29, 0.717) is 12.6 Å². The van der Waals surface area contributed by atoms with Crippen LogP contribution in [0.25, 0.3) is 0 Å². The summed E-state index contributed by atoms with van der Waals surface area (Å²) in [5.74, 6) is 0. The van der Waals surface area contributed by atoms with Gasteiger partial charge < -0.3 is 15.2 Å². The number of rotatable bonds is 10. The molecule has 4 heteroatoms. The Labute approximate surface area is 122 Å². The van der Waals surface area contributed by atoms with Crippen molar-refractivity contribution in [1.29, 1.82) is 0 Å². The topological polar surface area (TPSA) is 47.7 Å². The van der Waals surface area contributed by atoms with Gasteiger partial charge in [-0.05, 0) is 24.5 Å². The molecule has 0 radical (unpaired) electrons. The molecule has 0 bridgehead atoms. The molecule has 20 heavy (non-hydrogen) atoms. The highest BCUT2D eigenvalue weighted by Crippen LogP contribution is 2.10. The Balaban J connectivity index is 2.60. The van der Waals surface area contributed by atoms with Crippen LogP contribution in [-0.2, 0) is 22.4 Å². The molecule has 0 fully saturated rings. The number of benzene rings is 1. The van der Waals surface area contributed by atoms with Crippen LogP contribution in [0.4, 0.5) is 0 Å². The smallest absolute Gasteiger partial charge is 0.0615 e. The lowest BCUT2D eigenvalue weighted by molar-refractivity contribution is 0.0758. The fraction of sp³-hybridized carbons (Fsp3) is 0.625. The zero-order valence-electron chi connectivity index (χ0n) is 13.0. The average Bonchev–Trinajstić information content (AvgIpc) is 2.48. The second-order valence-electron chi connectivity index (χ2n) is 5.06. The number of nitrogens with two attached hydrogens (primary N) is 1. The van der Waals surface area contributed by atoms with E-state index in [1.54, 1.807) is 14.2 Å². The Morgan fingerprint density at radius 1 is 1.10 bits per heavy atom. The summed E-state index contributed by atoms with van der Waals surface area (Å²) in [5.41, 5.74) is 8.36. The number of methoxy groups -OCH3 is 2. The molecule has 0 aromatic heterocycles. The Hall–Kier alpha value is -0.940. The third-order valence-electron chi connectivity index (χ3n) is 3.62. The zero-order chi connectivity index (χ0) is 14.8. The minimum atomic E-state index is 0.389. The van der Waals surface area contributed by atoms with E-state index < -0.39 is 0 Å². The number of ether oxygens (including phenoxy) is 2. The first-order valence-corrected chi connectivity index (χ1v) is 7.21. The molecule has 114 valence electrons. The van der Waals surface area contributed by atoms with Crippen LogP contribution in [0.5, 0.6) is 0 Å². The van der Waals surface area contributed by atoms with Gasteiger partial charge in [0.05, 0.1) is 13.2 Å². The molecule has 2 N–H and O–H groups in total. The van der Waals surface area contributed by atoms with Crippen molar-refractivity contribution in [3.05, 3.63) is 35.4 Å². The van der Waals surface area contributed by atoms with E-state index in [4.69, 9.17) is 15.2 Å². The van der Waals surface area contributed by atoms with Crippen LogP contribution in [0.15, 0.2) is 24.3 Å². The maximum atomic E-state index is 5.79. The van der Waals surface area contributed by atoms with E-state index in [2.05, 4.69) is 30.0 Å². The lowest BCUT2D eigenvalue weighted by Gasteiger charge is -2.28. The summed E-state index contributed by atoms with van der Waals surface area (Å²) in [7, 11) is 3.48. The Morgan fingerprint density at radius 2 is 1.80 bits per heavy atom. The second-order valence-corrected chi connectivity index (χ2v) is 5.06. The van der Waals surface area contributed by atoms with Crippen molar-refractivity contribution >= 4 is 0 Å². The molecule has 0 saturated carbocycles. The molecule has 1 aromatic carbocycles. The summed E-state index contributed by atoms with van der Waals surface area (Å²) < 4.78 is 10.5. The van der Waals surface area contributed by atoms with Crippen LogP contribution >= 0.6 is 0 Å². The largest absolute Gasteiger partial charge is 0.383 e. The molecule has 1 atom stereocenters. The molecule has 0 spiro atoms. The predicted octanol–water partition coefficient (Wildman–Crippen LogP) is 1.67. The van der Waals surface area contributed by atoms with Crippen LogP contribution < -0.4 is 5.73 Å². The van der Waals surface area contributed by atoms with E-state index in [1.807, 2.05) is 6.07 Å². The standard InChI is InChI=1S/C16H28N2O2/c1-14(13-20-3)18(10-11-19-2)9-8-15-6-4-5-7-16(15)12-17/h4-7,14H,8-13,17H2,1-3H3. The zero-order valence-corrected chi connectivity index (χ0v) is 13.0. The maximum Gasteiger partial charge on any atom is 0.0615 e. The highest BCUT2D eigenvalue weighted by molar-refractivity contribution is 5.27. The maximum absolute atomic E-state index is 5.79. The molecule has 1 unspecified atom stereocenters. The van der Waals surface area contributed by atoms with Gasteiger partial charge in [-0.1, -0.05) is 24.3 Å². The van der Waals surface area contributed by atoms with Crippen molar-refractivity contribution < 1.29 is 9.47 Å². The molecule has 1 rings (SSSR count). The first kappa shape index (κ1) is 17.1. The minimum Gasteiger partial charge on any atom is -0.383 e. The number of hydrogen-bond donors (Lipinski definition) is 1. The van der Waals surface area contributed by atoms with E-state index in [-0.39, 0.29) is 0 Å². The monoisotopic (exact) mass is 280 g/mol. The third-order valence-corrected chi connectivity index (χ3v) is 3.62. The highest BCUT2D eigenvalue weighted by Gasteiger charge is 2.13. The first-order chi connectivity index (χ1) is 9.72. The van der Waals surface area contributed by atoms with Crippen molar-refractivity contribution in [2.45, 2.75) is 25.9 Å². The molecule has 0 aliphatic rings. The quantitative estimate of drug-likeness (QED) is 0.708. The van der Waals surface area contributed by atoms with E-state index in [9.17, 15) is 0 Å². The van der Waals surface area contributed by atoms with Gasteiger partial charge in [-0.15, -0.1) is 0 Å². The van der Waals surface area contributed by atoms with Gasteiger partial charge in [-0.3, -0.25) is 4.90 Å². The lowest BCUT2D eigenvalue weighted by atomic mass is 10.0. The molecular formula is C16H28N2O2. The van der Waals surface area contributed by atoms with Crippen molar-refractivity contribution in [2.75, 3.05) is 40.5 Å². The first-order valence-electron chi connectivity index (χ1n) is 7.21. The van der Waals surface area contributed by atoms with Gasteiger partial charge in [0, 0.05) is 39.9 Å². The van der Waals surface area contributed by atoms with Gasteiger partial charge in [0.15, 0.2) is 0 Å². The molecule has 0 amide bonds. The fourth-order valence-corrected chi connectivity index (χ4v) is 2.37. The Bertz CT molecular complexity index is 371. The summed E-state index contributed by atoms with van der Waals surface area (Å²) in [5, 5.41) is 0. The normalized spacial score (nSPS) is 12.8. The number of nitrogens with zero attached hydrogens (tertiary/aromatic N) is 1. The average molecular weight is 280 g/mol. The van der Waals surface area contributed by atoms with Gasteiger partial charge >= 0.3 is 0 Å². The van der Waals surface area contributed by atoms with Gasteiger partial charge in [0.2, 0.25) is 0 Å². The highest BCUT2D eigenvalue weighted by atomic mass is 16.5. The van der Waals surface area contributed by atoms with Crippen molar-refractivity contribution in [1.82, 2.24) is 4.90 Å². The molecule has 0 aliphatic carbocycles. The van der Waals surface area contributed by atoms with Crippen LogP contribution in [0.3, 0.4) is 0 Å². The third kappa shape index (κ3) is 5.59. The Kier molecular flexibility index (Phi) is 8.46. The summed E-state index contributed by atoms with van der Waals surface area (Å²) in [6.45, 7) is 6.18. The second kappa shape index (κ2) is 9.88. The molecule has 0 heterocycles. The van der Waals surface area contributed by atoms with Gasteiger partial charge in [-0.2, -0.15) is 0 Å². The SMILES string of the molecule is COCCN(CCc1ccccc1CN)C(C)COC. The summed E-state index contributed by atoms with van der Waals surface area (Å²) in [6.07, 6.45) is 1.01. The van der Waals surface area contributed by atoms with E-state index >= 15 is 0 Å². The Morgan fingerprint density at radius 3 is 2.40 bits per heavy atom. The van der Waals surface area contributed by atoms with E-state index in [1.165, 1.54) is 11.1 Å². The van der Waals surface area contributed by atoms with Crippen LogP contribution in [-0.4, -0.2) is 51.5 Å². The fourth-order valence-electron chi connectivity index (χ4n) is 2.37. The predicted molar refractivity (Wildman–Crippen MR) is 82.8 cm³/mol. The lowest BCUT2D eigenvalue weighted by Crippen LogP contribution is -2.40. The van der Waals surface area contributed by atoms with Gasteiger partial charge in [0.25, 0.3) is 0 Å². The van der Waals surface area contributed by atoms with Gasteiger partial charge in [-0.25, -0.2) is 0 Å².